The average molecular weight is 661 g/mol. The molecule has 0 spiro atoms. The monoisotopic (exact) mass is 661 g/mol. The topological polar surface area (TPSA) is 80.3 Å². The van der Waals surface area contributed by atoms with E-state index in [4.69, 9.17) is 0 Å². The molecule has 0 heterocycles. The van der Waals surface area contributed by atoms with Crippen molar-refractivity contribution in [2.45, 2.75) is 131 Å². The van der Waals surface area contributed by atoms with Crippen LogP contribution in [0.3, 0.4) is 0 Å². The Labute approximate surface area is 296 Å². The van der Waals surface area contributed by atoms with Crippen LogP contribution in [-0.4, -0.2) is 11.9 Å². The summed E-state index contributed by atoms with van der Waals surface area (Å²) in [6.45, 7) is 4.29. The van der Waals surface area contributed by atoms with Crippen LogP contribution in [0, 0.1) is 0 Å². The summed E-state index contributed by atoms with van der Waals surface area (Å²) in [6, 6.07) is 0. The molecule has 4 nitrogen and oxygen atoms in total. The Balaban J connectivity index is -0.000000389. The van der Waals surface area contributed by atoms with E-state index in [-0.39, 0.29) is 27.7 Å². The number of allylic oxidation sites excluding steroid dienone is 22. The summed E-state index contributed by atoms with van der Waals surface area (Å²) < 4.78 is 0. The molecule has 0 N–H and O–H groups in total. The van der Waals surface area contributed by atoms with Crippen molar-refractivity contribution < 1.29 is 19.8 Å². The van der Waals surface area contributed by atoms with E-state index in [1.54, 1.807) is 0 Å². The smallest absolute Gasteiger partial charge is 0.0417 e. The van der Waals surface area contributed by atoms with Crippen molar-refractivity contribution in [3.63, 3.8) is 0 Å². The minimum absolute atomic E-state index is 0. The van der Waals surface area contributed by atoms with E-state index in [1.165, 1.54) is 0 Å². The van der Waals surface area contributed by atoms with Crippen LogP contribution in [0.5, 0.6) is 0 Å². The molecule has 0 aromatic rings. The van der Waals surface area contributed by atoms with Gasteiger partial charge in [-0.05, 0) is 103 Å². The summed E-state index contributed by atoms with van der Waals surface area (Å²) >= 11 is 0. The fourth-order valence-corrected chi connectivity index (χ4v) is 3.57. The minimum atomic E-state index is -0.991. The fourth-order valence-electron chi connectivity index (χ4n) is 3.57. The molecule has 270 valence electrons. The SMILES string of the molecule is C.C.CC/C=C\C/C=C\C/C=C\C/C=C\C/C=C\C/C=C\CCC(=O)[O-].CC/C=C\C/C=C\C/C=C\C/C=C\C/C=C\CCCC(=O)[O-]. The Hall–Kier alpha value is -3.92. The fraction of sp³-hybridized carbons (Fsp3) is 0.455. The summed E-state index contributed by atoms with van der Waals surface area (Å²) in [7, 11) is 0. The van der Waals surface area contributed by atoms with E-state index in [2.05, 4.69) is 129 Å². The van der Waals surface area contributed by atoms with Crippen molar-refractivity contribution in [1.82, 2.24) is 0 Å². The van der Waals surface area contributed by atoms with Crippen molar-refractivity contribution in [3.05, 3.63) is 134 Å². The molecular weight excluding hydrogens is 592 g/mol. The molecule has 0 aromatic heterocycles. The van der Waals surface area contributed by atoms with E-state index >= 15 is 0 Å². The van der Waals surface area contributed by atoms with E-state index in [1.807, 2.05) is 18.2 Å². The van der Waals surface area contributed by atoms with Gasteiger partial charge >= 0.3 is 0 Å². The van der Waals surface area contributed by atoms with Gasteiger partial charge in [0.2, 0.25) is 0 Å². The molecule has 0 unspecified atom stereocenters. The maximum Gasteiger partial charge on any atom is 0.0417 e. The molecule has 0 bridgehead atoms. The number of carboxylic acid groups (broad SMARTS) is 2. The number of carbonyl (C=O) groups excluding carboxylic acids is 2. The lowest BCUT2D eigenvalue weighted by molar-refractivity contribution is -0.307. The van der Waals surface area contributed by atoms with E-state index in [0.717, 1.165) is 77.0 Å². The quantitative estimate of drug-likeness (QED) is 0.0648. The van der Waals surface area contributed by atoms with Gasteiger partial charge < -0.3 is 19.8 Å². The third-order valence-electron chi connectivity index (χ3n) is 6.02. The van der Waals surface area contributed by atoms with Crippen molar-refractivity contribution in [1.29, 1.82) is 0 Å². The first-order valence-electron chi connectivity index (χ1n) is 17.1. The van der Waals surface area contributed by atoms with Crippen LogP contribution >= 0.6 is 0 Å². The molecule has 48 heavy (non-hydrogen) atoms. The molecule has 0 aliphatic heterocycles. The molecular formula is C44H68O4-2. The Morgan fingerprint density at radius 1 is 0.354 bits per heavy atom. The van der Waals surface area contributed by atoms with Crippen LogP contribution in [0.15, 0.2) is 134 Å². The Bertz CT molecular complexity index is 1030. The number of rotatable bonds is 27. The second kappa shape index (κ2) is 47.5. The lowest BCUT2D eigenvalue weighted by Gasteiger charge is -1.97. The van der Waals surface area contributed by atoms with Gasteiger partial charge in [0.1, 0.15) is 0 Å². The maximum absolute atomic E-state index is 10.2. The van der Waals surface area contributed by atoms with Crippen molar-refractivity contribution in [2.75, 3.05) is 0 Å². The highest BCUT2D eigenvalue weighted by molar-refractivity contribution is 5.64. The Morgan fingerprint density at radius 3 is 0.833 bits per heavy atom. The largest absolute Gasteiger partial charge is 0.550 e. The van der Waals surface area contributed by atoms with Gasteiger partial charge in [0.15, 0.2) is 0 Å². The first kappa shape index (κ1) is 50.9. The summed E-state index contributed by atoms with van der Waals surface area (Å²) in [4.78, 5) is 20.4. The molecule has 0 fully saturated rings. The van der Waals surface area contributed by atoms with Crippen LogP contribution in [-0.2, 0) is 9.59 Å². The Kier molecular flexibility index (Phi) is 50.4. The molecule has 0 aliphatic carbocycles. The zero-order valence-corrected chi connectivity index (χ0v) is 28.6. The van der Waals surface area contributed by atoms with Gasteiger partial charge in [0, 0.05) is 11.9 Å². The molecule has 0 rings (SSSR count). The maximum atomic E-state index is 10.2. The van der Waals surface area contributed by atoms with Gasteiger partial charge in [-0.1, -0.05) is 162 Å². The van der Waals surface area contributed by atoms with Gasteiger partial charge in [-0.15, -0.1) is 0 Å². The van der Waals surface area contributed by atoms with Crippen molar-refractivity contribution >= 4 is 11.9 Å². The predicted octanol–water partition coefficient (Wildman–Crippen LogP) is 11.1. The number of aliphatic carboxylic acids is 2. The highest BCUT2D eigenvalue weighted by atomic mass is 16.4. The first-order chi connectivity index (χ1) is 22.5. The van der Waals surface area contributed by atoms with Crippen LogP contribution in [0.4, 0.5) is 0 Å². The highest BCUT2D eigenvalue weighted by Crippen LogP contribution is 2.00. The van der Waals surface area contributed by atoms with Gasteiger partial charge in [0.05, 0.1) is 0 Å². The second-order valence-electron chi connectivity index (χ2n) is 10.3. The summed E-state index contributed by atoms with van der Waals surface area (Å²) in [6.07, 6.45) is 60.2. The normalized spacial score (nSPS) is 12.4. The average Bonchev–Trinajstić information content (AvgIpc) is 3.03. The van der Waals surface area contributed by atoms with E-state index < -0.39 is 11.9 Å². The van der Waals surface area contributed by atoms with E-state index in [9.17, 15) is 19.8 Å². The molecule has 0 atom stereocenters. The second-order valence-corrected chi connectivity index (χ2v) is 10.3. The van der Waals surface area contributed by atoms with Gasteiger partial charge in [-0.3, -0.25) is 0 Å². The summed E-state index contributed by atoms with van der Waals surface area (Å²) in [5.74, 6) is -1.96. The molecule has 0 aliphatic rings. The van der Waals surface area contributed by atoms with E-state index in [0.29, 0.717) is 12.8 Å². The molecule has 4 heteroatoms. The lowest BCUT2D eigenvalue weighted by atomic mass is 10.2. The lowest BCUT2D eigenvalue weighted by Crippen LogP contribution is -2.21. The Morgan fingerprint density at radius 2 is 0.583 bits per heavy atom. The van der Waals surface area contributed by atoms with Crippen molar-refractivity contribution in [3.8, 4) is 0 Å². The summed E-state index contributed by atoms with van der Waals surface area (Å²) in [5, 5.41) is 20.4. The number of unbranched alkanes of at least 4 members (excludes halogenated alkanes) is 1. The van der Waals surface area contributed by atoms with Gasteiger partial charge in [-0.2, -0.15) is 0 Å². The molecule has 0 aromatic carbocycles. The number of hydrogen-bond acceptors (Lipinski definition) is 4. The summed E-state index contributed by atoms with van der Waals surface area (Å²) in [5.41, 5.74) is 0. The number of carbonyl (C=O) groups is 2. The molecule has 0 saturated carbocycles. The van der Waals surface area contributed by atoms with Crippen LogP contribution in [0.1, 0.15) is 131 Å². The molecule has 0 amide bonds. The highest BCUT2D eigenvalue weighted by Gasteiger charge is 1.84. The van der Waals surface area contributed by atoms with Crippen LogP contribution in [0.25, 0.3) is 0 Å². The zero-order valence-electron chi connectivity index (χ0n) is 28.6. The third-order valence-corrected chi connectivity index (χ3v) is 6.02. The first-order valence-corrected chi connectivity index (χ1v) is 17.1. The van der Waals surface area contributed by atoms with Crippen LogP contribution < -0.4 is 10.2 Å². The molecule has 0 radical (unpaired) electrons. The number of carboxylic acids is 2. The minimum Gasteiger partial charge on any atom is -0.550 e. The molecule has 0 saturated heterocycles. The number of hydrogen-bond donors (Lipinski definition) is 0. The predicted molar refractivity (Wildman–Crippen MR) is 209 cm³/mol. The van der Waals surface area contributed by atoms with Gasteiger partial charge in [0.25, 0.3) is 0 Å². The zero-order chi connectivity index (χ0) is 34.0. The van der Waals surface area contributed by atoms with Crippen LogP contribution in [0.2, 0.25) is 0 Å². The van der Waals surface area contributed by atoms with Crippen molar-refractivity contribution in [2.24, 2.45) is 0 Å². The van der Waals surface area contributed by atoms with Gasteiger partial charge in [-0.25, -0.2) is 0 Å². The third kappa shape index (κ3) is 54.6. The standard InChI is InChI=1S/C22H32O2.C20H30O2.2CH4/c1-2-3-4-5-6-7-8-9-10-11-12-13-14-15-16-17-18-19-20-21-22(23)24;1-2-3-4-5-6-7-8-9-10-11-12-13-14-15-16-17-18-19-20(21)22;;/h3-4,6-7,9-10,12-13,15-16,18-19H,2,5,8,11,14,17,20-21H2,1H3,(H,23,24);3-4,6-7,9-10,12-13,15-16H,2,5,8,11,14,17-19H2,1H3,(H,21,22);2*1H4/p-2/b4-3-,7-6-,10-9-,13-12-,16-15-,19-18-;4-3-,7-6-,10-9-,13-12-,16-15-;;.